The minimum Gasteiger partial charge on any atom is -0.497 e. The highest BCUT2D eigenvalue weighted by atomic mass is 16.5. The van der Waals surface area contributed by atoms with Gasteiger partial charge in [0.25, 0.3) is 5.91 Å². The molecule has 0 saturated carbocycles. The number of β-amino-alcohol motifs (C(OH)–C–C–N with tert-alkyl or cyclic N) is 1. The minimum absolute atomic E-state index is 0.0132. The Morgan fingerprint density at radius 2 is 1.96 bits per heavy atom. The molecule has 0 aromatic heterocycles. The van der Waals surface area contributed by atoms with Crippen molar-refractivity contribution in [3.63, 3.8) is 0 Å². The number of aliphatic hydroxyl groups excluding tert-OH is 1. The molecule has 2 atom stereocenters. The van der Waals surface area contributed by atoms with Crippen LogP contribution in [0.25, 0.3) is 0 Å². The van der Waals surface area contributed by atoms with Gasteiger partial charge < -0.3 is 19.5 Å². The first-order valence-electron chi connectivity index (χ1n) is 10.3. The lowest BCUT2D eigenvalue weighted by molar-refractivity contribution is -0.0547. The topological polar surface area (TPSA) is 62.2 Å². The zero-order valence-corrected chi connectivity index (χ0v) is 17.9. The van der Waals surface area contributed by atoms with Gasteiger partial charge in [0, 0.05) is 38.3 Å². The van der Waals surface area contributed by atoms with Gasteiger partial charge in [-0.05, 0) is 36.1 Å². The number of carbonyl (C=O) groups excluding carboxylic acids is 1. The van der Waals surface area contributed by atoms with Crippen molar-refractivity contribution in [1.82, 2.24) is 9.80 Å². The van der Waals surface area contributed by atoms with Crippen LogP contribution in [0.3, 0.4) is 0 Å². The molecular weight excluding hydrogens is 356 g/mol. The largest absolute Gasteiger partial charge is 0.497 e. The standard InChI is InChI=1S/C22H36N2O4/c1-16(2)12-24(22(26)18-6-8-19(27-5)9-7-18)14-20-13-23(10-11-28-20)15-21(25)17(3)4/h6-9,16-17,20-21,25H,10-15H2,1-5H3. The highest BCUT2D eigenvalue weighted by Gasteiger charge is 2.27. The number of carbonyl (C=O) groups is 1. The molecule has 2 unspecified atom stereocenters. The maximum absolute atomic E-state index is 13.1. The number of methoxy groups -OCH3 is 1. The summed E-state index contributed by atoms with van der Waals surface area (Å²) >= 11 is 0. The van der Waals surface area contributed by atoms with Crippen LogP contribution in [0.1, 0.15) is 38.1 Å². The highest BCUT2D eigenvalue weighted by Crippen LogP contribution is 2.16. The zero-order valence-electron chi connectivity index (χ0n) is 17.9. The number of nitrogens with zero attached hydrogens (tertiary/aromatic N) is 2. The minimum atomic E-state index is -0.341. The molecule has 1 aromatic carbocycles. The molecule has 2 rings (SSSR count). The van der Waals surface area contributed by atoms with E-state index in [-0.39, 0.29) is 24.0 Å². The molecule has 1 N–H and O–H groups in total. The highest BCUT2D eigenvalue weighted by molar-refractivity contribution is 5.94. The van der Waals surface area contributed by atoms with Gasteiger partial charge in [0.05, 0.1) is 25.9 Å². The van der Waals surface area contributed by atoms with Crippen molar-refractivity contribution in [3.8, 4) is 5.75 Å². The molecule has 0 radical (unpaired) electrons. The third kappa shape index (κ3) is 6.76. The van der Waals surface area contributed by atoms with Gasteiger partial charge in [0.1, 0.15) is 5.75 Å². The molecule has 1 heterocycles. The van der Waals surface area contributed by atoms with Crippen molar-refractivity contribution < 1.29 is 19.4 Å². The fourth-order valence-corrected chi connectivity index (χ4v) is 3.38. The Kier molecular flexibility index (Phi) is 8.73. The Morgan fingerprint density at radius 1 is 1.29 bits per heavy atom. The molecular formula is C22H36N2O4. The summed E-state index contributed by atoms with van der Waals surface area (Å²) in [7, 11) is 1.62. The van der Waals surface area contributed by atoms with E-state index in [9.17, 15) is 9.90 Å². The summed E-state index contributed by atoms with van der Waals surface area (Å²) in [5.74, 6) is 1.35. The van der Waals surface area contributed by atoms with Gasteiger partial charge >= 0.3 is 0 Å². The van der Waals surface area contributed by atoms with Crippen LogP contribution in [-0.4, -0.2) is 79.5 Å². The van der Waals surface area contributed by atoms with Crippen LogP contribution >= 0.6 is 0 Å². The summed E-state index contributed by atoms with van der Waals surface area (Å²) in [6.07, 6.45) is -0.388. The lowest BCUT2D eigenvalue weighted by Crippen LogP contribution is -2.51. The van der Waals surface area contributed by atoms with Gasteiger partial charge in [0.15, 0.2) is 0 Å². The first-order valence-corrected chi connectivity index (χ1v) is 10.3. The first kappa shape index (κ1) is 22.7. The fourth-order valence-electron chi connectivity index (χ4n) is 3.38. The van der Waals surface area contributed by atoms with E-state index in [1.165, 1.54) is 0 Å². The molecule has 1 amide bonds. The molecule has 1 aliphatic heterocycles. The van der Waals surface area contributed by atoms with Gasteiger partial charge in [-0.3, -0.25) is 9.69 Å². The first-order chi connectivity index (χ1) is 13.3. The van der Waals surface area contributed by atoms with E-state index in [2.05, 4.69) is 18.7 Å². The smallest absolute Gasteiger partial charge is 0.253 e. The Balaban J connectivity index is 2.02. The number of rotatable bonds is 9. The summed E-state index contributed by atoms with van der Waals surface area (Å²) in [6, 6.07) is 7.24. The molecule has 6 heteroatoms. The zero-order chi connectivity index (χ0) is 20.7. The number of benzene rings is 1. The van der Waals surface area contributed by atoms with E-state index in [4.69, 9.17) is 9.47 Å². The average molecular weight is 393 g/mol. The maximum Gasteiger partial charge on any atom is 0.253 e. The molecule has 1 aromatic rings. The molecule has 158 valence electrons. The molecule has 0 spiro atoms. The lowest BCUT2D eigenvalue weighted by atomic mass is 10.1. The number of hydrogen-bond donors (Lipinski definition) is 1. The van der Waals surface area contributed by atoms with Crippen molar-refractivity contribution >= 4 is 5.91 Å². The van der Waals surface area contributed by atoms with Crippen molar-refractivity contribution in [2.45, 2.75) is 39.9 Å². The van der Waals surface area contributed by atoms with E-state index in [0.717, 1.165) is 18.8 Å². The van der Waals surface area contributed by atoms with E-state index < -0.39 is 0 Å². The molecule has 1 fully saturated rings. The van der Waals surface area contributed by atoms with Crippen molar-refractivity contribution in [3.05, 3.63) is 29.8 Å². The number of morpholine rings is 1. The number of amides is 1. The molecule has 0 bridgehead atoms. The van der Waals surface area contributed by atoms with E-state index in [0.29, 0.717) is 37.7 Å². The van der Waals surface area contributed by atoms with E-state index in [1.807, 2.05) is 43.0 Å². The Bertz CT molecular complexity index is 603. The summed E-state index contributed by atoms with van der Waals surface area (Å²) < 4.78 is 11.1. The van der Waals surface area contributed by atoms with Crippen molar-refractivity contribution in [2.75, 3.05) is 46.4 Å². The molecule has 0 aliphatic carbocycles. The monoisotopic (exact) mass is 392 g/mol. The Hall–Kier alpha value is -1.63. The molecule has 1 aliphatic rings. The second kappa shape index (κ2) is 10.8. The quantitative estimate of drug-likeness (QED) is 0.700. The van der Waals surface area contributed by atoms with Crippen molar-refractivity contribution in [2.24, 2.45) is 11.8 Å². The second-order valence-corrected chi connectivity index (χ2v) is 8.40. The van der Waals surface area contributed by atoms with Gasteiger partial charge in [-0.2, -0.15) is 0 Å². The second-order valence-electron chi connectivity index (χ2n) is 8.40. The molecule has 1 saturated heterocycles. The molecule has 28 heavy (non-hydrogen) atoms. The van der Waals surface area contributed by atoms with Gasteiger partial charge in [0.2, 0.25) is 0 Å². The average Bonchev–Trinajstić information content (AvgIpc) is 2.67. The SMILES string of the molecule is COc1ccc(C(=O)N(CC(C)C)CC2CN(CC(O)C(C)C)CCO2)cc1. The predicted octanol–water partition coefficient (Wildman–Crippen LogP) is 2.51. The van der Waals surface area contributed by atoms with E-state index >= 15 is 0 Å². The summed E-state index contributed by atoms with van der Waals surface area (Å²) in [4.78, 5) is 17.2. The number of ether oxygens (including phenoxy) is 2. The van der Waals surface area contributed by atoms with Crippen LogP contribution in [0, 0.1) is 11.8 Å². The van der Waals surface area contributed by atoms with Gasteiger partial charge in [-0.15, -0.1) is 0 Å². The van der Waals surface area contributed by atoms with Crippen LogP contribution in [0.4, 0.5) is 0 Å². The van der Waals surface area contributed by atoms with Crippen molar-refractivity contribution in [1.29, 1.82) is 0 Å². The summed E-state index contributed by atoms with van der Waals surface area (Å²) in [5.41, 5.74) is 0.657. The Morgan fingerprint density at radius 3 is 2.54 bits per heavy atom. The lowest BCUT2D eigenvalue weighted by Gasteiger charge is -2.37. The fraction of sp³-hybridized carbons (Fsp3) is 0.682. The predicted molar refractivity (Wildman–Crippen MR) is 111 cm³/mol. The number of aliphatic hydroxyl groups is 1. The number of hydrogen-bond acceptors (Lipinski definition) is 5. The normalized spacial score (nSPS) is 19.1. The summed E-state index contributed by atoms with van der Waals surface area (Å²) in [5, 5.41) is 10.2. The molecule has 6 nitrogen and oxygen atoms in total. The maximum atomic E-state index is 13.1. The van der Waals surface area contributed by atoms with Crippen LogP contribution in [0.5, 0.6) is 5.75 Å². The van der Waals surface area contributed by atoms with Crippen LogP contribution in [0.15, 0.2) is 24.3 Å². The van der Waals surface area contributed by atoms with Gasteiger partial charge in [-0.25, -0.2) is 0 Å². The van der Waals surface area contributed by atoms with Crippen LogP contribution in [-0.2, 0) is 4.74 Å². The van der Waals surface area contributed by atoms with Crippen LogP contribution < -0.4 is 4.74 Å². The van der Waals surface area contributed by atoms with Crippen LogP contribution in [0.2, 0.25) is 0 Å². The Labute approximate surface area is 169 Å². The third-order valence-corrected chi connectivity index (χ3v) is 5.07. The van der Waals surface area contributed by atoms with E-state index in [1.54, 1.807) is 7.11 Å². The van der Waals surface area contributed by atoms with Gasteiger partial charge in [-0.1, -0.05) is 27.7 Å². The third-order valence-electron chi connectivity index (χ3n) is 5.07. The summed E-state index contributed by atoms with van der Waals surface area (Å²) in [6.45, 7) is 12.3.